The summed E-state index contributed by atoms with van der Waals surface area (Å²) in [5, 5.41) is 12.6. The molecule has 0 saturated carbocycles. The molecule has 0 saturated heterocycles. The van der Waals surface area contributed by atoms with Gasteiger partial charge in [0.2, 0.25) is 0 Å². The van der Waals surface area contributed by atoms with Gasteiger partial charge in [-0.2, -0.15) is 5.26 Å². The Kier molecular flexibility index (Phi) is 4.38. The SMILES string of the molecule is CCc1nnsc1C(=O)N(C)CC(C)C#N. The predicted molar refractivity (Wildman–Crippen MR) is 61.0 cm³/mol. The van der Waals surface area contributed by atoms with E-state index < -0.39 is 0 Å². The summed E-state index contributed by atoms with van der Waals surface area (Å²) in [5.74, 6) is -0.270. The first-order valence-corrected chi connectivity index (χ1v) is 5.83. The summed E-state index contributed by atoms with van der Waals surface area (Å²) in [6.07, 6.45) is 0.694. The van der Waals surface area contributed by atoms with Crippen molar-refractivity contribution in [3.05, 3.63) is 10.6 Å². The molecule has 1 amide bonds. The molecule has 0 radical (unpaired) electrons. The lowest BCUT2D eigenvalue weighted by atomic mass is 10.2. The molecule has 16 heavy (non-hydrogen) atoms. The fourth-order valence-electron chi connectivity index (χ4n) is 1.31. The number of nitriles is 1. The normalized spacial score (nSPS) is 11.9. The number of aryl methyl sites for hydroxylation is 1. The molecule has 86 valence electrons. The Balaban J connectivity index is 2.75. The Morgan fingerprint density at radius 2 is 2.38 bits per heavy atom. The minimum atomic E-state index is -0.167. The summed E-state index contributed by atoms with van der Waals surface area (Å²) in [6.45, 7) is 4.15. The largest absolute Gasteiger partial charge is 0.340 e. The molecule has 0 aromatic carbocycles. The Morgan fingerprint density at radius 3 is 2.94 bits per heavy atom. The molecule has 5 nitrogen and oxygen atoms in total. The topological polar surface area (TPSA) is 69.9 Å². The number of carbonyl (C=O) groups is 1. The predicted octanol–water partition coefficient (Wildman–Crippen LogP) is 1.33. The first kappa shape index (κ1) is 12.6. The molecule has 6 heteroatoms. The molecular formula is C10H14N4OS. The highest BCUT2D eigenvalue weighted by atomic mass is 32.1. The van der Waals surface area contributed by atoms with Crippen LogP contribution in [0.4, 0.5) is 0 Å². The van der Waals surface area contributed by atoms with Gasteiger partial charge in [-0.05, 0) is 24.9 Å². The number of aromatic nitrogens is 2. The van der Waals surface area contributed by atoms with Crippen LogP contribution in [0.2, 0.25) is 0 Å². The van der Waals surface area contributed by atoms with Crippen LogP contribution in [-0.4, -0.2) is 34.0 Å². The second kappa shape index (κ2) is 5.56. The van der Waals surface area contributed by atoms with Gasteiger partial charge in [-0.25, -0.2) is 0 Å². The molecular weight excluding hydrogens is 224 g/mol. The maximum Gasteiger partial charge on any atom is 0.267 e. The average molecular weight is 238 g/mol. The molecule has 1 unspecified atom stereocenters. The molecule has 0 spiro atoms. The second-order valence-corrected chi connectivity index (χ2v) is 4.37. The van der Waals surface area contributed by atoms with Crippen molar-refractivity contribution in [3.8, 4) is 6.07 Å². The van der Waals surface area contributed by atoms with Crippen LogP contribution in [0.15, 0.2) is 0 Å². The van der Waals surface area contributed by atoms with Gasteiger partial charge in [-0.1, -0.05) is 11.4 Å². The lowest BCUT2D eigenvalue weighted by Crippen LogP contribution is -2.30. The highest BCUT2D eigenvalue weighted by Crippen LogP contribution is 2.14. The van der Waals surface area contributed by atoms with E-state index in [2.05, 4.69) is 15.7 Å². The molecule has 0 aliphatic rings. The number of hydrogen-bond donors (Lipinski definition) is 0. The van der Waals surface area contributed by atoms with Gasteiger partial charge in [-0.3, -0.25) is 4.79 Å². The van der Waals surface area contributed by atoms with Crippen molar-refractivity contribution < 1.29 is 4.79 Å². The summed E-state index contributed by atoms with van der Waals surface area (Å²) in [7, 11) is 1.69. The minimum absolute atomic E-state index is 0.103. The van der Waals surface area contributed by atoms with E-state index >= 15 is 0 Å². The van der Waals surface area contributed by atoms with Crippen LogP contribution < -0.4 is 0 Å². The van der Waals surface area contributed by atoms with Crippen LogP contribution in [0.25, 0.3) is 0 Å². The number of hydrogen-bond acceptors (Lipinski definition) is 5. The van der Waals surface area contributed by atoms with Crippen molar-refractivity contribution in [2.45, 2.75) is 20.3 Å². The monoisotopic (exact) mass is 238 g/mol. The quantitative estimate of drug-likeness (QED) is 0.793. The zero-order valence-electron chi connectivity index (χ0n) is 9.60. The Bertz CT molecular complexity index is 409. The third-order valence-corrected chi connectivity index (χ3v) is 2.96. The molecule has 0 fully saturated rings. The molecule has 1 aromatic rings. The van der Waals surface area contributed by atoms with Gasteiger partial charge >= 0.3 is 0 Å². The fourth-order valence-corrected chi connectivity index (χ4v) is 2.06. The van der Waals surface area contributed by atoms with E-state index in [1.807, 2.05) is 6.92 Å². The van der Waals surface area contributed by atoms with Crippen LogP contribution in [0.3, 0.4) is 0 Å². The summed E-state index contributed by atoms with van der Waals surface area (Å²) >= 11 is 1.11. The third kappa shape index (κ3) is 2.76. The first-order valence-electron chi connectivity index (χ1n) is 5.06. The maximum absolute atomic E-state index is 12.0. The molecule has 0 N–H and O–H groups in total. The molecule has 0 bridgehead atoms. The van der Waals surface area contributed by atoms with Crippen molar-refractivity contribution >= 4 is 17.4 Å². The van der Waals surface area contributed by atoms with E-state index in [4.69, 9.17) is 5.26 Å². The van der Waals surface area contributed by atoms with Crippen LogP contribution >= 0.6 is 11.5 Å². The number of nitrogens with zero attached hydrogens (tertiary/aromatic N) is 4. The van der Waals surface area contributed by atoms with Gasteiger partial charge in [0.05, 0.1) is 17.7 Å². The van der Waals surface area contributed by atoms with Gasteiger partial charge in [0.25, 0.3) is 5.91 Å². The average Bonchev–Trinajstić information content (AvgIpc) is 2.75. The fraction of sp³-hybridized carbons (Fsp3) is 0.600. The summed E-state index contributed by atoms with van der Waals surface area (Å²) in [6, 6.07) is 2.10. The number of amides is 1. The van der Waals surface area contributed by atoms with Gasteiger partial charge < -0.3 is 4.90 Å². The van der Waals surface area contributed by atoms with E-state index in [9.17, 15) is 4.79 Å². The van der Waals surface area contributed by atoms with Crippen LogP contribution in [0.5, 0.6) is 0 Å². The molecule has 0 aliphatic heterocycles. The zero-order valence-corrected chi connectivity index (χ0v) is 10.4. The van der Waals surface area contributed by atoms with E-state index in [0.717, 1.165) is 17.2 Å². The Morgan fingerprint density at radius 1 is 1.69 bits per heavy atom. The first-order chi connectivity index (χ1) is 7.60. The van der Waals surface area contributed by atoms with Gasteiger partial charge in [0.1, 0.15) is 4.88 Å². The van der Waals surface area contributed by atoms with E-state index in [0.29, 0.717) is 17.8 Å². The number of rotatable bonds is 4. The van der Waals surface area contributed by atoms with Gasteiger partial charge in [0, 0.05) is 13.6 Å². The van der Waals surface area contributed by atoms with E-state index in [-0.39, 0.29) is 11.8 Å². The lowest BCUT2D eigenvalue weighted by Gasteiger charge is -2.17. The van der Waals surface area contributed by atoms with Crippen molar-refractivity contribution in [3.63, 3.8) is 0 Å². The smallest absolute Gasteiger partial charge is 0.267 e. The standard InChI is InChI=1S/C10H14N4OS/c1-4-8-9(16-13-12-8)10(15)14(3)6-7(2)5-11/h7H,4,6H2,1-3H3. The highest BCUT2D eigenvalue weighted by Gasteiger charge is 2.20. The van der Waals surface area contributed by atoms with Crippen molar-refractivity contribution in [2.75, 3.05) is 13.6 Å². The lowest BCUT2D eigenvalue weighted by molar-refractivity contribution is 0.0788. The summed E-state index contributed by atoms with van der Waals surface area (Å²) < 4.78 is 3.77. The Hall–Kier alpha value is -1.48. The van der Waals surface area contributed by atoms with Crippen molar-refractivity contribution in [1.82, 2.24) is 14.5 Å². The van der Waals surface area contributed by atoms with Crippen molar-refractivity contribution in [2.24, 2.45) is 5.92 Å². The number of carbonyl (C=O) groups excluding carboxylic acids is 1. The van der Waals surface area contributed by atoms with Crippen LogP contribution in [0, 0.1) is 17.2 Å². The second-order valence-electron chi connectivity index (χ2n) is 3.62. The third-order valence-electron chi connectivity index (χ3n) is 2.20. The molecule has 1 atom stereocenters. The molecule has 1 heterocycles. The highest BCUT2D eigenvalue weighted by molar-refractivity contribution is 7.07. The van der Waals surface area contributed by atoms with Crippen LogP contribution in [0.1, 0.15) is 29.2 Å². The van der Waals surface area contributed by atoms with Gasteiger partial charge in [-0.15, -0.1) is 5.10 Å². The van der Waals surface area contributed by atoms with E-state index in [1.54, 1.807) is 18.9 Å². The molecule has 1 rings (SSSR count). The van der Waals surface area contributed by atoms with Crippen molar-refractivity contribution in [1.29, 1.82) is 5.26 Å². The van der Waals surface area contributed by atoms with E-state index in [1.165, 1.54) is 0 Å². The zero-order chi connectivity index (χ0) is 12.1. The summed E-state index contributed by atoms with van der Waals surface area (Å²) in [5.41, 5.74) is 0.728. The van der Waals surface area contributed by atoms with Gasteiger partial charge in [0.15, 0.2) is 0 Å². The minimum Gasteiger partial charge on any atom is -0.340 e. The maximum atomic E-state index is 12.0. The molecule has 1 aromatic heterocycles. The van der Waals surface area contributed by atoms with Crippen LogP contribution in [-0.2, 0) is 6.42 Å². The Labute approximate surface area is 98.9 Å². The molecule has 0 aliphatic carbocycles. The summed E-state index contributed by atoms with van der Waals surface area (Å²) in [4.78, 5) is 14.1.